The third-order valence-corrected chi connectivity index (χ3v) is 8.46. The SMILES string of the molecule is C=CCn1c(SCC(=O)Nc2cc(S(=O)(=O)N(C)C)ccc2Cl)nnc1C1CCCCC1. The van der Waals surface area contributed by atoms with Crippen LogP contribution in [0.1, 0.15) is 43.8 Å². The first-order valence-corrected chi connectivity index (χ1v) is 13.2. The molecule has 0 spiro atoms. The van der Waals surface area contributed by atoms with Crippen LogP contribution in [0.3, 0.4) is 0 Å². The molecule has 0 unspecified atom stereocenters. The highest BCUT2D eigenvalue weighted by Gasteiger charge is 2.24. The third-order valence-electron chi connectivity index (χ3n) is 5.35. The van der Waals surface area contributed by atoms with E-state index >= 15 is 0 Å². The van der Waals surface area contributed by atoms with E-state index in [9.17, 15) is 13.2 Å². The molecule has 1 amide bonds. The number of hydrogen-bond donors (Lipinski definition) is 1. The average Bonchev–Trinajstić information content (AvgIpc) is 3.17. The van der Waals surface area contributed by atoms with Gasteiger partial charge in [-0.1, -0.05) is 48.7 Å². The lowest BCUT2D eigenvalue weighted by Gasteiger charge is -2.21. The molecule has 1 fully saturated rings. The summed E-state index contributed by atoms with van der Waals surface area (Å²) in [5, 5.41) is 12.3. The summed E-state index contributed by atoms with van der Waals surface area (Å²) in [6, 6.07) is 4.23. The van der Waals surface area contributed by atoms with E-state index < -0.39 is 10.0 Å². The molecule has 0 radical (unpaired) electrons. The van der Waals surface area contributed by atoms with Crippen LogP contribution in [-0.4, -0.2) is 53.2 Å². The van der Waals surface area contributed by atoms with Gasteiger partial charge in [0.25, 0.3) is 0 Å². The van der Waals surface area contributed by atoms with Gasteiger partial charge in [0.15, 0.2) is 5.16 Å². The second-order valence-corrected chi connectivity index (χ2v) is 11.3. The lowest BCUT2D eigenvalue weighted by molar-refractivity contribution is -0.113. The molecule has 174 valence electrons. The second-order valence-electron chi connectivity index (χ2n) is 7.84. The summed E-state index contributed by atoms with van der Waals surface area (Å²) in [4.78, 5) is 12.6. The maximum absolute atomic E-state index is 12.6. The molecule has 1 aliphatic rings. The lowest BCUT2D eigenvalue weighted by atomic mass is 9.89. The van der Waals surface area contributed by atoms with E-state index in [1.165, 1.54) is 63.3 Å². The van der Waals surface area contributed by atoms with Gasteiger partial charge in [-0.25, -0.2) is 12.7 Å². The summed E-state index contributed by atoms with van der Waals surface area (Å²) in [6.45, 7) is 4.41. The Morgan fingerprint density at radius 1 is 1.31 bits per heavy atom. The molecule has 0 aliphatic heterocycles. The van der Waals surface area contributed by atoms with E-state index in [4.69, 9.17) is 11.6 Å². The lowest BCUT2D eigenvalue weighted by Crippen LogP contribution is -2.22. The zero-order valence-corrected chi connectivity index (χ0v) is 20.6. The van der Waals surface area contributed by atoms with Gasteiger partial charge in [-0.3, -0.25) is 4.79 Å². The van der Waals surface area contributed by atoms with Crippen LogP contribution >= 0.6 is 23.4 Å². The number of rotatable bonds is 9. The number of carbonyl (C=O) groups excluding carboxylic acids is 1. The summed E-state index contributed by atoms with van der Waals surface area (Å²) in [5.74, 6) is 1.11. The monoisotopic (exact) mass is 497 g/mol. The fourth-order valence-corrected chi connectivity index (χ4v) is 5.51. The van der Waals surface area contributed by atoms with Crippen molar-refractivity contribution in [3.8, 4) is 0 Å². The second kappa shape index (κ2) is 10.8. The van der Waals surface area contributed by atoms with Gasteiger partial charge in [-0.2, -0.15) is 0 Å². The summed E-state index contributed by atoms with van der Waals surface area (Å²) >= 11 is 7.46. The maximum atomic E-state index is 12.6. The quantitative estimate of drug-likeness (QED) is 0.413. The predicted molar refractivity (Wildman–Crippen MR) is 128 cm³/mol. The molecule has 0 saturated heterocycles. The number of hydrogen-bond acceptors (Lipinski definition) is 6. The number of allylic oxidation sites excluding steroid dienone is 1. The summed E-state index contributed by atoms with van der Waals surface area (Å²) in [5.41, 5.74) is 0.246. The maximum Gasteiger partial charge on any atom is 0.242 e. The Morgan fingerprint density at radius 3 is 2.69 bits per heavy atom. The average molecular weight is 498 g/mol. The smallest absolute Gasteiger partial charge is 0.242 e. The molecule has 8 nitrogen and oxygen atoms in total. The molecule has 1 aromatic heterocycles. The van der Waals surface area contributed by atoms with Crippen LogP contribution in [0.2, 0.25) is 5.02 Å². The minimum atomic E-state index is -3.64. The number of nitrogens with one attached hydrogen (secondary N) is 1. The van der Waals surface area contributed by atoms with Crippen LogP contribution in [-0.2, 0) is 21.4 Å². The Kier molecular flexibility index (Phi) is 8.37. The van der Waals surface area contributed by atoms with Crippen LogP contribution in [0, 0.1) is 0 Å². The van der Waals surface area contributed by atoms with Crippen molar-refractivity contribution in [2.45, 2.75) is 54.6 Å². The van der Waals surface area contributed by atoms with Gasteiger partial charge < -0.3 is 9.88 Å². The van der Waals surface area contributed by atoms with Crippen molar-refractivity contribution < 1.29 is 13.2 Å². The van der Waals surface area contributed by atoms with Crippen LogP contribution in [0.4, 0.5) is 5.69 Å². The van der Waals surface area contributed by atoms with Gasteiger partial charge in [-0.15, -0.1) is 16.8 Å². The fraction of sp³-hybridized carbons (Fsp3) is 0.476. The molecule has 32 heavy (non-hydrogen) atoms. The molecular formula is C21H28ClN5O3S2. The molecule has 2 aromatic rings. The van der Waals surface area contributed by atoms with Gasteiger partial charge in [0.05, 0.1) is 21.4 Å². The minimum Gasteiger partial charge on any atom is -0.324 e. The summed E-state index contributed by atoms with van der Waals surface area (Å²) in [6.07, 6.45) is 7.65. The van der Waals surface area contributed by atoms with Crippen molar-refractivity contribution in [1.29, 1.82) is 0 Å². The number of thioether (sulfide) groups is 1. The topological polar surface area (TPSA) is 97.2 Å². The normalized spacial score (nSPS) is 15.1. The Labute approximate surface area is 198 Å². The van der Waals surface area contributed by atoms with Crippen molar-refractivity contribution in [1.82, 2.24) is 19.1 Å². The van der Waals surface area contributed by atoms with E-state index in [1.807, 2.05) is 4.57 Å². The van der Waals surface area contributed by atoms with Gasteiger partial charge in [0, 0.05) is 26.6 Å². The number of carbonyl (C=O) groups is 1. The molecule has 3 rings (SSSR count). The predicted octanol–water partition coefficient (Wildman–Crippen LogP) is 4.15. The van der Waals surface area contributed by atoms with Crippen molar-refractivity contribution >= 4 is 45.0 Å². The molecule has 1 N–H and O–H groups in total. The number of sulfonamides is 1. The Bertz CT molecular complexity index is 1080. The number of benzene rings is 1. The Hall–Kier alpha value is -1.88. The molecule has 1 aromatic carbocycles. The molecular weight excluding hydrogens is 470 g/mol. The van der Waals surface area contributed by atoms with Crippen molar-refractivity contribution in [3.63, 3.8) is 0 Å². The van der Waals surface area contributed by atoms with Gasteiger partial charge in [0.2, 0.25) is 15.9 Å². The number of nitrogens with zero attached hydrogens (tertiary/aromatic N) is 4. The third kappa shape index (κ3) is 5.72. The van der Waals surface area contributed by atoms with E-state index in [2.05, 4.69) is 22.1 Å². The first-order valence-electron chi connectivity index (χ1n) is 10.4. The van der Waals surface area contributed by atoms with Crippen LogP contribution in [0.5, 0.6) is 0 Å². The highest BCUT2D eigenvalue weighted by atomic mass is 35.5. The number of halogens is 1. The Balaban J connectivity index is 1.70. The molecule has 0 bridgehead atoms. The van der Waals surface area contributed by atoms with Crippen molar-refractivity contribution in [2.75, 3.05) is 25.2 Å². The molecule has 11 heteroatoms. The van der Waals surface area contributed by atoms with Crippen LogP contribution < -0.4 is 5.32 Å². The van der Waals surface area contributed by atoms with Crippen molar-refractivity contribution in [3.05, 3.63) is 41.7 Å². The first kappa shape index (κ1) is 24.8. The molecule has 1 saturated carbocycles. The molecule has 0 atom stereocenters. The Morgan fingerprint density at radius 2 is 2.03 bits per heavy atom. The highest BCUT2D eigenvalue weighted by Crippen LogP contribution is 2.33. The van der Waals surface area contributed by atoms with Gasteiger partial charge in [0.1, 0.15) is 5.82 Å². The van der Waals surface area contributed by atoms with Gasteiger partial charge >= 0.3 is 0 Å². The summed E-state index contributed by atoms with van der Waals surface area (Å²) in [7, 11) is -0.752. The van der Waals surface area contributed by atoms with Gasteiger partial charge in [-0.05, 0) is 31.0 Å². The van der Waals surface area contributed by atoms with E-state index in [0.29, 0.717) is 17.6 Å². The standard InChI is InChI=1S/C21H28ClN5O3S2/c1-4-12-27-20(15-8-6-5-7-9-15)24-25-21(27)31-14-19(28)23-18-13-16(10-11-17(18)22)32(29,30)26(2)3/h4,10-11,13,15H,1,5-9,12,14H2,2-3H3,(H,23,28). The largest absolute Gasteiger partial charge is 0.324 e. The van der Waals surface area contributed by atoms with E-state index in [0.717, 1.165) is 23.0 Å². The number of aromatic nitrogens is 3. The van der Waals surface area contributed by atoms with Crippen LogP contribution in [0.25, 0.3) is 0 Å². The number of amides is 1. The highest BCUT2D eigenvalue weighted by molar-refractivity contribution is 7.99. The number of anilines is 1. The summed E-state index contributed by atoms with van der Waals surface area (Å²) < 4.78 is 27.9. The van der Waals surface area contributed by atoms with Crippen LogP contribution in [0.15, 0.2) is 40.9 Å². The fourth-order valence-electron chi connectivity index (χ4n) is 3.66. The molecule has 1 heterocycles. The zero-order valence-electron chi connectivity index (χ0n) is 18.3. The molecule has 1 aliphatic carbocycles. The van der Waals surface area contributed by atoms with E-state index in [1.54, 1.807) is 6.08 Å². The zero-order chi connectivity index (χ0) is 23.3. The van der Waals surface area contributed by atoms with Crippen molar-refractivity contribution in [2.24, 2.45) is 0 Å². The van der Waals surface area contributed by atoms with E-state index in [-0.39, 0.29) is 27.3 Å². The minimum absolute atomic E-state index is 0.0534. The first-order chi connectivity index (χ1) is 15.2.